The highest BCUT2D eigenvalue weighted by Gasteiger charge is 2.29. The normalized spacial score (nSPS) is 18.7. The number of hydrogen-bond acceptors (Lipinski definition) is 3. The predicted molar refractivity (Wildman–Crippen MR) is 80.1 cm³/mol. The van der Waals surface area contributed by atoms with Crippen molar-refractivity contribution >= 4 is 37.6 Å². The number of sulfonamides is 1. The van der Waals surface area contributed by atoms with Crippen molar-refractivity contribution in [3.8, 4) is 0 Å². The van der Waals surface area contributed by atoms with Gasteiger partial charge in [-0.25, -0.2) is 8.42 Å². The number of hydrogen-bond donors (Lipinski definition) is 0. The Labute approximate surface area is 127 Å². The van der Waals surface area contributed by atoms with Gasteiger partial charge in [-0.1, -0.05) is 11.6 Å². The smallest absolute Gasteiger partial charge is 0.244 e. The van der Waals surface area contributed by atoms with Gasteiger partial charge >= 0.3 is 0 Å². The highest BCUT2D eigenvalue weighted by Crippen LogP contribution is 2.30. The van der Waals surface area contributed by atoms with Crippen LogP contribution in [0.1, 0.15) is 5.56 Å². The van der Waals surface area contributed by atoms with Gasteiger partial charge in [-0.05, 0) is 47.6 Å². The second kappa shape index (κ2) is 5.69. The molecule has 0 amide bonds. The van der Waals surface area contributed by atoms with Gasteiger partial charge in [-0.3, -0.25) is 0 Å². The molecule has 0 aromatic heterocycles. The molecule has 1 aromatic carbocycles. The lowest BCUT2D eigenvalue weighted by atomic mass is 10.2. The minimum Gasteiger partial charge on any atom is -0.304 e. The van der Waals surface area contributed by atoms with Crippen LogP contribution in [0.2, 0.25) is 5.02 Å². The highest BCUT2D eigenvalue weighted by molar-refractivity contribution is 9.10. The maximum atomic E-state index is 12.6. The molecule has 4 nitrogen and oxygen atoms in total. The van der Waals surface area contributed by atoms with E-state index in [4.69, 9.17) is 11.6 Å². The molecule has 106 valence electrons. The van der Waals surface area contributed by atoms with Crippen LogP contribution in [0.3, 0.4) is 0 Å². The quantitative estimate of drug-likeness (QED) is 0.805. The molecule has 0 bridgehead atoms. The van der Waals surface area contributed by atoms with Crippen LogP contribution in [0, 0.1) is 6.92 Å². The van der Waals surface area contributed by atoms with E-state index in [2.05, 4.69) is 20.8 Å². The molecule has 1 saturated heterocycles. The lowest BCUT2D eigenvalue weighted by molar-refractivity contribution is 0.222. The SMILES string of the molecule is Cc1cc(Br)c(S(=O)(=O)N2CCN(C)CC2)cc1Cl. The van der Waals surface area contributed by atoms with Gasteiger partial charge < -0.3 is 4.90 Å². The van der Waals surface area contributed by atoms with E-state index in [1.807, 2.05) is 14.0 Å². The summed E-state index contributed by atoms with van der Waals surface area (Å²) in [4.78, 5) is 2.36. The molecule has 1 heterocycles. The van der Waals surface area contributed by atoms with E-state index >= 15 is 0 Å². The highest BCUT2D eigenvalue weighted by atomic mass is 79.9. The van der Waals surface area contributed by atoms with Gasteiger partial charge in [0.25, 0.3) is 0 Å². The van der Waals surface area contributed by atoms with Gasteiger partial charge in [0.2, 0.25) is 10.0 Å². The summed E-state index contributed by atoms with van der Waals surface area (Å²) in [7, 11) is -1.49. The number of benzene rings is 1. The second-order valence-corrected chi connectivity index (χ2v) is 7.91. The third-order valence-corrected chi connectivity index (χ3v) is 6.56. The minimum absolute atomic E-state index is 0.243. The molecule has 7 heteroatoms. The molecule has 0 unspecified atom stereocenters. The van der Waals surface area contributed by atoms with Crippen molar-refractivity contribution in [2.45, 2.75) is 11.8 Å². The standard InChI is InChI=1S/C12H16BrClN2O2S/c1-9-7-10(13)12(8-11(9)14)19(17,18)16-5-3-15(2)4-6-16/h7-8H,3-6H2,1-2H3. The Morgan fingerprint density at radius 3 is 2.37 bits per heavy atom. The largest absolute Gasteiger partial charge is 0.304 e. The summed E-state index contributed by atoms with van der Waals surface area (Å²) in [5, 5.41) is 0.468. The Kier molecular flexibility index (Phi) is 4.57. The molecule has 1 fully saturated rings. The van der Waals surface area contributed by atoms with Crippen molar-refractivity contribution in [1.82, 2.24) is 9.21 Å². The topological polar surface area (TPSA) is 40.6 Å². The van der Waals surface area contributed by atoms with Gasteiger partial charge in [0.15, 0.2) is 0 Å². The zero-order valence-corrected chi connectivity index (χ0v) is 14.0. The van der Waals surface area contributed by atoms with Crippen molar-refractivity contribution in [1.29, 1.82) is 0 Å². The third kappa shape index (κ3) is 3.13. The summed E-state index contributed by atoms with van der Waals surface area (Å²) in [6.07, 6.45) is 0. The summed E-state index contributed by atoms with van der Waals surface area (Å²) < 4.78 is 27.3. The zero-order valence-electron chi connectivity index (χ0n) is 10.9. The second-order valence-electron chi connectivity index (χ2n) is 4.74. The summed E-state index contributed by atoms with van der Waals surface area (Å²) in [5.74, 6) is 0. The van der Waals surface area contributed by atoms with Crippen molar-refractivity contribution in [2.24, 2.45) is 0 Å². The van der Waals surface area contributed by atoms with E-state index in [0.717, 1.165) is 18.7 Å². The summed E-state index contributed by atoms with van der Waals surface area (Å²) in [6.45, 7) is 4.36. The maximum absolute atomic E-state index is 12.6. The predicted octanol–water partition coefficient (Wildman–Crippen LogP) is 2.35. The maximum Gasteiger partial charge on any atom is 0.244 e. The van der Waals surface area contributed by atoms with Crippen LogP contribution in [0.25, 0.3) is 0 Å². The fourth-order valence-electron chi connectivity index (χ4n) is 1.99. The van der Waals surface area contributed by atoms with Crippen LogP contribution in [0.15, 0.2) is 21.5 Å². The van der Waals surface area contributed by atoms with Crippen LogP contribution < -0.4 is 0 Å². The van der Waals surface area contributed by atoms with E-state index in [-0.39, 0.29) is 4.90 Å². The first-order chi connectivity index (χ1) is 8.82. The molecule has 0 spiro atoms. The lowest BCUT2D eigenvalue weighted by Crippen LogP contribution is -2.47. The Morgan fingerprint density at radius 2 is 1.79 bits per heavy atom. The molecule has 0 N–H and O–H groups in total. The first-order valence-electron chi connectivity index (χ1n) is 5.96. The van der Waals surface area contributed by atoms with Crippen LogP contribution in [0.5, 0.6) is 0 Å². The van der Waals surface area contributed by atoms with E-state index in [9.17, 15) is 8.42 Å². The molecule has 0 saturated carbocycles. The molecule has 2 rings (SSSR count). The van der Waals surface area contributed by atoms with Crippen LogP contribution >= 0.6 is 27.5 Å². The van der Waals surface area contributed by atoms with Crippen molar-refractivity contribution < 1.29 is 8.42 Å². The van der Waals surface area contributed by atoms with Crippen LogP contribution in [-0.2, 0) is 10.0 Å². The Morgan fingerprint density at radius 1 is 1.21 bits per heavy atom. The average Bonchev–Trinajstić information content (AvgIpc) is 2.34. The summed E-state index contributed by atoms with van der Waals surface area (Å²) >= 11 is 9.36. The van der Waals surface area contributed by atoms with Gasteiger partial charge in [0.05, 0.1) is 4.90 Å². The lowest BCUT2D eigenvalue weighted by Gasteiger charge is -2.31. The van der Waals surface area contributed by atoms with Gasteiger partial charge in [0.1, 0.15) is 0 Å². The van der Waals surface area contributed by atoms with Crippen molar-refractivity contribution in [2.75, 3.05) is 33.2 Å². The molecule has 1 aliphatic heterocycles. The number of piperazine rings is 1. The minimum atomic E-state index is -3.48. The Bertz CT molecular complexity index is 584. The molecule has 1 aliphatic rings. The van der Waals surface area contributed by atoms with Gasteiger partial charge in [-0.2, -0.15) is 4.31 Å². The number of halogens is 2. The van der Waals surface area contributed by atoms with Crippen LogP contribution in [-0.4, -0.2) is 50.8 Å². The molecule has 19 heavy (non-hydrogen) atoms. The Hall–Kier alpha value is -0.140. The fourth-order valence-corrected chi connectivity index (χ4v) is 4.79. The number of nitrogens with zero attached hydrogens (tertiary/aromatic N) is 2. The van der Waals surface area contributed by atoms with Crippen molar-refractivity contribution in [3.63, 3.8) is 0 Å². The average molecular weight is 368 g/mol. The molecule has 0 atom stereocenters. The van der Waals surface area contributed by atoms with Gasteiger partial charge in [0, 0.05) is 35.7 Å². The molecular weight excluding hydrogens is 352 g/mol. The number of likely N-dealkylation sites (N-methyl/N-ethyl adjacent to an activating group) is 1. The summed E-state index contributed by atoms with van der Waals surface area (Å²) in [6, 6.07) is 3.26. The molecule has 0 radical (unpaired) electrons. The molecular formula is C12H16BrClN2O2S. The van der Waals surface area contributed by atoms with Gasteiger partial charge in [-0.15, -0.1) is 0 Å². The number of rotatable bonds is 2. The van der Waals surface area contributed by atoms with E-state index in [1.165, 1.54) is 10.4 Å². The van der Waals surface area contributed by atoms with Crippen LogP contribution in [0.4, 0.5) is 0 Å². The third-order valence-electron chi connectivity index (χ3n) is 3.29. The van der Waals surface area contributed by atoms with E-state index in [0.29, 0.717) is 22.6 Å². The number of aryl methyl sites for hydroxylation is 1. The monoisotopic (exact) mass is 366 g/mol. The fraction of sp³-hybridized carbons (Fsp3) is 0.500. The molecule has 0 aliphatic carbocycles. The zero-order chi connectivity index (χ0) is 14.2. The van der Waals surface area contributed by atoms with E-state index in [1.54, 1.807) is 6.07 Å². The summed E-state index contributed by atoms with van der Waals surface area (Å²) in [5.41, 5.74) is 0.853. The first-order valence-corrected chi connectivity index (χ1v) is 8.58. The molecule has 1 aromatic rings. The Balaban J connectivity index is 2.37. The van der Waals surface area contributed by atoms with Crippen molar-refractivity contribution in [3.05, 3.63) is 27.2 Å². The first kappa shape index (κ1) is 15.3. The van der Waals surface area contributed by atoms with E-state index < -0.39 is 10.0 Å².